The Kier molecular flexibility index (Phi) is 6.23. The van der Waals surface area contributed by atoms with E-state index >= 15 is 0 Å². The Morgan fingerprint density at radius 1 is 1.04 bits per heavy atom. The maximum absolute atomic E-state index is 13.1. The Balaban J connectivity index is 1.49. The molecule has 148 valence electrons. The number of amides is 1. The highest BCUT2D eigenvalue weighted by Gasteiger charge is 2.20. The van der Waals surface area contributed by atoms with Gasteiger partial charge in [0.1, 0.15) is 0 Å². The molecule has 2 aromatic carbocycles. The Morgan fingerprint density at radius 2 is 1.82 bits per heavy atom. The van der Waals surface area contributed by atoms with Gasteiger partial charge in [0.05, 0.1) is 5.56 Å². The van der Waals surface area contributed by atoms with Gasteiger partial charge in [-0.3, -0.25) is 9.69 Å². The summed E-state index contributed by atoms with van der Waals surface area (Å²) in [6, 6.07) is 14.5. The van der Waals surface area contributed by atoms with Crippen molar-refractivity contribution >= 4 is 29.0 Å². The minimum absolute atomic E-state index is 0.0166. The lowest BCUT2D eigenvalue weighted by Crippen LogP contribution is -2.31. The fourth-order valence-corrected chi connectivity index (χ4v) is 5.01. The number of carbonyl (C=O) groups is 1. The molecule has 2 aromatic rings. The molecule has 2 saturated heterocycles. The summed E-state index contributed by atoms with van der Waals surface area (Å²) in [5.41, 5.74) is 5.09. The van der Waals surface area contributed by atoms with Gasteiger partial charge in [-0.05, 0) is 49.6 Å². The van der Waals surface area contributed by atoms with E-state index in [4.69, 9.17) is 0 Å². The van der Waals surface area contributed by atoms with E-state index in [0.717, 1.165) is 55.2 Å². The van der Waals surface area contributed by atoms with E-state index in [-0.39, 0.29) is 5.91 Å². The molecular formula is C23H29N3OS. The monoisotopic (exact) mass is 395 g/mol. The molecule has 4 rings (SSSR count). The second-order valence-electron chi connectivity index (χ2n) is 7.76. The summed E-state index contributed by atoms with van der Waals surface area (Å²) in [5, 5.41) is 3.14. The molecule has 2 aliphatic heterocycles. The molecule has 0 aromatic heterocycles. The van der Waals surface area contributed by atoms with Crippen molar-refractivity contribution < 1.29 is 4.79 Å². The van der Waals surface area contributed by atoms with Crippen LogP contribution >= 0.6 is 11.8 Å². The molecule has 0 bridgehead atoms. The SMILES string of the molecule is Cc1ccc(N2CCCC2)c(C(=O)Nc2cccc(CN3CCSCC3)c2)c1. The number of benzene rings is 2. The van der Waals surface area contributed by atoms with Crippen LogP contribution in [0, 0.1) is 6.92 Å². The molecule has 1 amide bonds. The molecule has 0 atom stereocenters. The van der Waals surface area contributed by atoms with Crippen molar-refractivity contribution in [1.82, 2.24) is 4.90 Å². The number of nitrogens with zero attached hydrogens (tertiary/aromatic N) is 2. The second-order valence-corrected chi connectivity index (χ2v) is 8.98. The summed E-state index contributed by atoms with van der Waals surface area (Å²) in [6.45, 7) is 7.35. The van der Waals surface area contributed by atoms with Gasteiger partial charge in [-0.25, -0.2) is 0 Å². The number of carbonyl (C=O) groups excluding carboxylic acids is 1. The Labute approximate surface area is 172 Å². The lowest BCUT2D eigenvalue weighted by molar-refractivity contribution is 0.102. The molecule has 2 heterocycles. The smallest absolute Gasteiger partial charge is 0.257 e. The van der Waals surface area contributed by atoms with E-state index in [0.29, 0.717) is 0 Å². The van der Waals surface area contributed by atoms with Gasteiger partial charge in [0.2, 0.25) is 0 Å². The van der Waals surface area contributed by atoms with Crippen LogP contribution in [0.15, 0.2) is 42.5 Å². The lowest BCUT2D eigenvalue weighted by atomic mass is 10.1. The molecule has 0 radical (unpaired) electrons. The molecule has 5 heteroatoms. The number of rotatable bonds is 5. The van der Waals surface area contributed by atoms with Gasteiger partial charge in [-0.1, -0.05) is 23.8 Å². The number of thioether (sulfide) groups is 1. The average molecular weight is 396 g/mol. The highest BCUT2D eigenvalue weighted by molar-refractivity contribution is 7.99. The van der Waals surface area contributed by atoms with Crippen molar-refractivity contribution in [3.05, 3.63) is 59.2 Å². The number of nitrogens with one attached hydrogen (secondary N) is 1. The van der Waals surface area contributed by atoms with E-state index in [1.54, 1.807) is 0 Å². The predicted octanol–water partition coefficient (Wildman–Crippen LogP) is 4.40. The van der Waals surface area contributed by atoms with Crippen molar-refractivity contribution in [2.45, 2.75) is 26.3 Å². The Morgan fingerprint density at radius 3 is 2.61 bits per heavy atom. The van der Waals surface area contributed by atoms with Crippen molar-refractivity contribution in [2.24, 2.45) is 0 Å². The molecule has 0 unspecified atom stereocenters. The van der Waals surface area contributed by atoms with Crippen LogP contribution in [-0.4, -0.2) is 48.5 Å². The van der Waals surface area contributed by atoms with Crippen molar-refractivity contribution in [3.63, 3.8) is 0 Å². The molecule has 1 N–H and O–H groups in total. The van der Waals surface area contributed by atoms with Crippen LogP contribution in [0.25, 0.3) is 0 Å². The largest absolute Gasteiger partial charge is 0.371 e. The van der Waals surface area contributed by atoms with E-state index in [2.05, 4.69) is 39.4 Å². The second kappa shape index (κ2) is 9.01. The summed E-state index contributed by atoms with van der Waals surface area (Å²) in [7, 11) is 0. The third-order valence-electron chi connectivity index (χ3n) is 5.54. The number of aryl methyl sites for hydroxylation is 1. The Hall–Kier alpha value is -1.98. The third-order valence-corrected chi connectivity index (χ3v) is 6.48. The summed E-state index contributed by atoms with van der Waals surface area (Å²) in [6.07, 6.45) is 2.40. The molecule has 0 spiro atoms. The molecule has 4 nitrogen and oxygen atoms in total. The topological polar surface area (TPSA) is 35.6 Å². The minimum atomic E-state index is -0.0166. The first-order chi connectivity index (χ1) is 13.7. The van der Waals surface area contributed by atoms with Gasteiger partial charge < -0.3 is 10.2 Å². The summed E-state index contributed by atoms with van der Waals surface area (Å²) in [5.74, 6) is 2.41. The van der Waals surface area contributed by atoms with E-state index in [1.165, 1.54) is 29.9 Å². The summed E-state index contributed by atoms with van der Waals surface area (Å²) < 4.78 is 0. The van der Waals surface area contributed by atoms with Gasteiger partial charge in [-0.15, -0.1) is 0 Å². The van der Waals surface area contributed by atoms with Gasteiger partial charge in [0.15, 0.2) is 0 Å². The van der Waals surface area contributed by atoms with Crippen LogP contribution in [0.5, 0.6) is 0 Å². The van der Waals surface area contributed by atoms with Crippen LogP contribution in [0.1, 0.15) is 34.3 Å². The highest BCUT2D eigenvalue weighted by atomic mass is 32.2. The lowest BCUT2D eigenvalue weighted by Gasteiger charge is -2.26. The van der Waals surface area contributed by atoms with Crippen LogP contribution in [0.4, 0.5) is 11.4 Å². The highest BCUT2D eigenvalue weighted by Crippen LogP contribution is 2.27. The standard InChI is InChI=1S/C23H29N3OS/c1-18-7-8-22(26-9-2-3-10-26)21(15-18)23(27)24-20-6-4-5-19(16-20)17-25-11-13-28-14-12-25/h4-8,15-16H,2-3,9-14,17H2,1H3,(H,24,27). The van der Waals surface area contributed by atoms with Crippen LogP contribution in [-0.2, 0) is 6.54 Å². The summed E-state index contributed by atoms with van der Waals surface area (Å²) >= 11 is 2.03. The Bertz CT molecular complexity index is 826. The van der Waals surface area contributed by atoms with E-state index in [9.17, 15) is 4.79 Å². The number of anilines is 2. The van der Waals surface area contributed by atoms with Crippen molar-refractivity contribution in [2.75, 3.05) is 47.9 Å². The normalized spacial score (nSPS) is 17.7. The summed E-state index contributed by atoms with van der Waals surface area (Å²) in [4.78, 5) is 17.9. The first-order valence-electron chi connectivity index (χ1n) is 10.2. The maximum Gasteiger partial charge on any atom is 0.257 e. The first kappa shape index (κ1) is 19.3. The van der Waals surface area contributed by atoms with Gasteiger partial charge in [-0.2, -0.15) is 11.8 Å². The van der Waals surface area contributed by atoms with Gasteiger partial charge in [0, 0.05) is 55.6 Å². The minimum Gasteiger partial charge on any atom is -0.371 e. The van der Waals surface area contributed by atoms with E-state index in [1.807, 2.05) is 36.9 Å². The number of hydrogen-bond acceptors (Lipinski definition) is 4. The van der Waals surface area contributed by atoms with Crippen LogP contribution < -0.4 is 10.2 Å². The molecule has 28 heavy (non-hydrogen) atoms. The average Bonchev–Trinajstić information content (AvgIpc) is 3.23. The molecule has 0 saturated carbocycles. The zero-order valence-corrected chi connectivity index (χ0v) is 17.4. The first-order valence-corrected chi connectivity index (χ1v) is 11.4. The fourth-order valence-electron chi connectivity index (χ4n) is 4.03. The van der Waals surface area contributed by atoms with Crippen molar-refractivity contribution in [3.8, 4) is 0 Å². The molecule has 0 aliphatic carbocycles. The van der Waals surface area contributed by atoms with Crippen molar-refractivity contribution in [1.29, 1.82) is 0 Å². The zero-order valence-electron chi connectivity index (χ0n) is 16.6. The van der Waals surface area contributed by atoms with Crippen LogP contribution in [0.3, 0.4) is 0 Å². The molecule has 2 aliphatic rings. The predicted molar refractivity (Wildman–Crippen MR) is 120 cm³/mol. The maximum atomic E-state index is 13.1. The quantitative estimate of drug-likeness (QED) is 0.814. The zero-order chi connectivity index (χ0) is 19.3. The fraction of sp³-hybridized carbons (Fsp3) is 0.435. The van der Waals surface area contributed by atoms with Gasteiger partial charge >= 0.3 is 0 Å². The number of hydrogen-bond donors (Lipinski definition) is 1. The third kappa shape index (κ3) is 4.70. The molecule has 2 fully saturated rings. The molecular weight excluding hydrogens is 366 g/mol. The van der Waals surface area contributed by atoms with Crippen LogP contribution in [0.2, 0.25) is 0 Å². The van der Waals surface area contributed by atoms with Gasteiger partial charge in [0.25, 0.3) is 5.91 Å². The van der Waals surface area contributed by atoms with E-state index < -0.39 is 0 Å².